The molecule has 0 aliphatic carbocycles. The van der Waals surface area contributed by atoms with E-state index in [0.717, 1.165) is 62.4 Å². The van der Waals surface area contributed by atoms with E-state index in [2.05, 4.69) is 71.7 Å². The van der Waals surface area contributed by atoms with Crippen LogP contribution in [0.2, 0.25) is 0 Å². The summed E-state index contributed by atoms with van der Waals surface area (Å²) in [6.45, 7) is 17.8. The normalized spacial score (nSPS) is 28.4. The lowest BCUT2D eigenvalue weighted by Crippen LogP contribution is -2.68. The van der Waals surface area contributed by atoms with E-state index in [1.54, 1.807) is 7.11 Å². The van der Waals surface area contributed by atoms with Crippen molar-refractivity contribution >= 4 is 0 Å². The first-order chi connectivity index (χ1) is 15.5. The van der Waals surface area contributed by atoms with Crippen LogP contribution >= 0.6 is 0 Å². The Morgan fingerprint density at radius 2 is 1.61 bits per heavy atom. The van der Waals surface area contributed by atoms with Gasteiger partial charge in [-0.05, 0) is 59.1 Å². The van der Waals surface area contributed by atoms with Crippen molar-refractivity contribution < 1.29 is 23.8 Å². The maximum Gasteiger partial charge on any atom is 0.171 e. The van der Waals surface area contributed by atoms with Gasteiger partial charge in [-0.25, -0.2) is 0 Å². The van der Waals surface area contributed by atoms with Crippen molar-refractivity contribution in [1.82, 2.24) is 5.06 Å². The first-order valence-corrected chi connectivity index (χ1v) is 12.5. The first kappa shape index (κ1) is 24.9. The molecule has 3 fully saturated rings. The highest BCUT2D eigenvalue weighted by molar-refractivity contribution is 5.40. The molecule has 186 valence electrons. The van der Waals surface area contributed by atoms with Crippen LogP contribution in [-0.4, -0.2) is 48.9 Å². The van der Waals surface area contributed by atoms with E-state index in [1.165, 1.54) is 0 Å². The Labute approximate surface area is 199 Å². The third-order valence-corrected chi connectivity index (χ3v) is 7.95. The van der Waals surface area contributed by atoms with Gasteiger partial charge in [-0.2, -0.15) is 5.06 Å². The molecule has 3 aliphatic heterocycles. The number of piperidine rings is 1. The van der Waals surface area contributed by atoms with Crippen LogP contribution in [-0.2, 0) is 19.0 Å². The molecule has 33 heavy (non-hydrogen) atoms. The minimum atomic E-state index is -0.562. The van der Waals surface area contributed by atoms with E-state index in [0.29, 0.717) is 0 Å². The Kier molecular flexibility index (Phi) is 6.64. The van der Waals surface area contributed by atoms with Gasteiger partial charge in [0.05, 0.1) is 26.9 Å². The quantitative estimate of drug-likeness (QED) is 0.467. The second-order valence-electron chi connectivity index (χ2n) is 11.5. The predicted molar refractivity (Wildman–Crippen MR) is 128 cm³/mol. The maximum absolute atomic E-state index is 6.69. The molecule has 1 spiro atoms. The number of methoxy groups -OCH3 is 1. The molecule has 0 amide bonds. The summed E-state index contributed by atoms with van der Waals surface area (Å²) in [5.74, 6) is 0.280. The third kappa shape index (κ3) is 4.83. The van der Waals surface area contributed by atoms with Crippen LogP contribution in [0.25, 0.3) is 0 Å². The molecule has 1 aromatic carbocycles. The molecular formula is C27H43NO5. The SMILES string of the molecule is CCC1(CC)COC2(CC(C)(C)N(OC(C)c3ccc(C4CO4)cc3OC)C(C)(C)C2)OC1. The molecule has 4 rings (SSSR count). The second-order valence-corrected chi connectivity index (χ2v) is 11.5. The summed E-state index contributed by atoms with van der Waals surface area (Å²) >= 11 is 0. The monoisotopic (exact) mass is 461 g/mol. The number of epoxide rings is 1. The summed E-state index contributed by atoms with van der Waals surface area (Å²) < 4.78 is 24.3. The fourth-order valence-corrected chi connectivity index (χ4v) is 5.86. The molecule has 3 heterocycles. The molecule has 6 nitrogen and oxygen atoms in total. The Bertz CT molecular complexity index is 813. The molecule has 0 radical (unpaired) electrons. The molecule has 0 bridgehead atoms. The second kappa shape index (κ2) is 8.80. The van der Waals surface area contributed by atoms with E-state index in [1.807, 2.05) is 0 Å². The summed E-state index contributed by atoms with van der Waals surface area (Å²) in [7, 11) is 1.71. The predicted octanol–water partition coefficient (Wildman–Crippen LogP) is 5.96. The molecule has 2 unspecified atom stereocenters. The number of hydrogen-bond acceptors (Lipinski definition) is 6. The maximum atomic E-state index is 6.69. The number of nitrogens with zero attached hydrogens (tertiary/aromatic N) is 1. The molecular weight excluding hydrogens is 418 g/mol. The fourth-order valence-electron chi connectivity index (χ4n) is 5.86. The van der Waals surface area contributed by atoms with E-state index in [9.17, 15) is 0 Å². The van der Waals surface area contributed by atoms with Gasteiger partial charge in [0.25, 0.3) is 0 Å². The standard InChI is InChI=1S/C27H43NO5/c1-9-26(10-2)17-31-27(32-18-26)15-24(4,5)28(25(6,7)16-27)33-19(3)21-12-11-20(23-14-30-23)13-22(21)29-8/h11-13,19,23H,9-10,14-18H2,1-8H3. The highest BCUT2D eigenvalue weighted by atomic mass is 16.7. The Morgan fingerprint density at radius 3 is 2.09 bits per heavy atom. The van der Waals surface area contributed by atoms with Gasteiger partial charge in [0.2, 0.25) is 0 Å². The van der Waals surface area contributed by atoms with Crippen molar-refractivity contribution in [1.29, 1.82) is 0 Å². The summed E-state index contributed by atoms with van der Waals surface area (Å²) in [6, 6.07) is 6.30. The van der Waals surface area contributed by atoms with Crippen LogP contribution in [0.1, 0.15) is 97.5 Å². The summed E-state index contributed by atoms with van der Waals surface area (Å²) in [5.41, 5.74) is 1.78. The van der Waals surface area contributed by atoms with Gasteiger partial charge in [0, 0.05) is 34.9 Å². The number of ether oxygens (including phenoxy) is 4. The molecule has 1 aromatic rings. The van der Waals surface area contributed by atoms with Crippen LogP contribution in [0, 0.1) is 5.41 Å². The number of hydrogen-bond donors (Lipinski definition) is 0. The zero-order chi connectivity index (χ0) is 24.1. The van der Waals surface area contributed by atoms with Crippen LogP contribution in [0.3, 0.4) is 0 Å². The lowest BCUT2D eigenvalue weighted by atomic mass is 9.76. The zero-order valence-electron chi connectivity index (χ0n) is 21.8. The van der Waals surface area contributed by atoms with Crippen molar-refractivity contribution in [2.75, 3.05) is 26.9 Å². The third-order valence-electron chi connectivity index (χ3n) is 7.95. The summed E-state index contributed by atoms with van der Waals surface area (Å²) in [6.07, 6.45) is 3.71. The van der Waals surface area contributed by atoms with Crippen molar-refractivity contribution in [3.05, 3.63) is 29.3 Å². The number of benzene rings is 1. The van der Waals surface area contributed by atoms with Crippen molar-refractivity contribution in [2.24, 2.45) is 5.41 Å². The van der Waals surface area contributed by atoms with E-state index >= 15 is 0 Å². The summed E-state index contributed by atoms with van der Waals surface area (Å²) in [4.78, 5) is 6.69. The highest BCUT2D eigenvalue weighted by Gasteiger charge is 2.57. The van der Waals surface area contributed by atoms with Crippen LogP contribution in [0.4, 0.5) is 0 Å². The topological polar surface area (TPSA) is 52.7 Å². The van der Waals surface area contributed by atoms with Gasteiger partial charge < -0.3 is 18.9 Å². The van der Waals surface area contributed by atoms with E-state index in [4.69, 9.17) is 23.8 Å². The Balaban J connectivity index is 1.51. The van der Waals surface area contributed by atoms with E-state index in [-0.39, 0.29) is 28.7 Å². The first-order valence-electron chi connectivity index (χ1n) is 12.5. The zero-order valence-corrected chi connectivity index (χ0v) is 21.8. The lowest BCUT2D eigenvalue weighted by molar-refractivity contribution is -0.390. The van der Waals surface area contributed by atoms with Gasteiger partial charge in [-0.15, -0.1) is 0 Å². The minimum Gasteiger partial charge on any atom is -0.496 e. The van der Waals surface area contributed by atoms with Gasteiger partial charge in [0.1, 0.15) is 18.0 Å². The summed E-state index contributed by atoms with van der Waals surface area (Å²) in [5, 5.41) is 2.17. The molecule has 2 atom stereocenters. The molecule has 0 N–H and O–H groups in total. The van der Waals surface area contributed by atoms with Crippen molar-refractivity contribution in [3.63, 3.8) is 0 Å². The van der Waals surface area contributed by atoms with Crippen LogP contribution in [0.15, 0.2) is 18.2 Å². The van der Waals surface area contributed by atoms with E-state index < -0.39 is 5.79 Å². The smallest absolute Gasteiger partial charge is 0.171 e. The fraction of sp³-hybridized carbons (Fsp3) is 0.778. The van der Waals surface area contributed by atoms with Crippen molar-refractivity contribution in [3.8, 4) is 5.75 Å². The average molecular weight is 462 g/mol. The van der Waals surface area contributed by atoms with Gasteiger partial charge in [-0.3, -0.25) is 4.84 Å². The highest BCUT2D eigenvalue weighted by Crippen LogP contribution is 2.50. The Morgan fingerprint density at radius 1 is 1.03 bits per heavy atom. The van der Waals surface area contributed by atoms with Gasteiger partial charge >= 0.3 is 0 Å². The number of hydroxylamine groups is 2. The minimum absolute atomic E-state index is 0.135. The molecule has 3 aliphatic rings. The molecule has 6 heteroatoms. The molecule has 3 saturated heterocycles. The van der Waals surface area contributed by atoms with Gasteiger partial charge in [0.15, 0.2) is 5.79 Å². The molecule has 0 aromatic heterocycles. The largest absolute Gasteiger partial charge is 0.496 e. The Hall–Kier alpha value is -1.18. The van der Waals surface area contributed by atoms with Crippen molar-refractivity contribution in [2.45, 2.75) is 103 Å². The average Bonchev–Trinajstić information content (AvgIpc) is 3.61. The van der Waals surface area contributed by atoms with Crippen LogP contribution in [0.5, 0.6) is 5.75 Å². The van der Waals surface area contributed by atoms with Crippen LogP contribution < -0.4 is 4.74 Å². The van der Waals surface area contributed by atoms with Gasteiger partial charge in [-0.1, -0.05) is 26.0 Å². The lowest BCUT2D eigenvalue weighted by Gasteiger charge is -2.60. The number of rotatable bonds is 7. The molecule has 0 saturated carbocycles.